The molecule has 1 aliphatic heterocycles. The number of likely N-dealkylation sites (tertiary alicyclic amines) is 1. The molecule has 1 atom stereocenters. The molecule has 27 heavy (non-hydrogen) atoms. The lowest BCUT2D eigenvalue weighted by atomic mass is 10.2. The smallest absolute Gasteiger partial charge is 0.238 e. The molecule has 6 nitrogen and oxygen atoms in total. The van der Waals surface area contributed by atoms with E-state index in [1.54, 1.807) is 23.9 Å². The first-order valence-corrected chi connectivity index (χ1v) is 11.4. The van der Waals surface area contributed by atoms with E-state index in [0.717, 1.165) is 17.7 Å². The zero-order valence-corrected chi connectivity index (χ0v) is 17.0. The summed E-state index contributed by atoms with van der Waals surface area (Å²) in [6, 6.07) is 10.5. The highest BCUT2D eigenvalue weighted by atomic mass is 32.2. The average molecular weight is 409 g/mol. The Bertz CT molecular complexity index is 931. The fourth-order valence-electron chi connectivity index (χ4n) is 3.19. The molecule has 0 saturated carbocycles. The molecule has 0 amide bonds. The van der Waals surface area contributed by atoms with E-state index in [1.165, 1.54) is 11.0 Å². The summed E-state index contributed by atoms with van der Waals surface area (Å²) in [5.41, 5.74) is 1.84. The molecule has 0 aromatic heterocycles. The minimum atomic E-state index is -3.80. The third-order valence-electron chi connectivity index (χ3n) is 4.60. The zero-order valence-electron chi connectivity index (χ0n) is 15.4. The number of aliphatic hydroxyl groups is 1. The Labute approximate surface area is 164 Å². The van der Waals surface area contributed by atoms with Gasteiger partial charge >= 0.3 is 0 Å². The minimum absolute atomic E-state index is 0.0542. The van der Waals surface area contributed by atoms with E-state index in [0.29, 0.717) is 31.0 Å². The van der Waals surface area contributed by atoms with Gasteiger partial charge in [-0.2, -0.15) is 0 Å². The molecular formula is C19H24N2O4S2. The Hall–Kier alpha value is -1.58. The number of thioether (sulfide) groups is 1. The number of ether oxygens (including phenoxy) is 1. The number of primary sulfonamides is 1. The Morgan fingerprint density at radius 2 is 2.07 bits per heavy atom. The van der Waals surface area contributed by atoms with Gasteiger partial charge in [0, 0.05) is 30.1 Å². The van der Waals surface area contributed by atoms with E-state index in [4.69, 9.17) is 9.88 Å². The van der Waals surface area contributed by atoms with Crippen LogP contribution >= 0.6 is 11.8 Å². The maximum atomic E-state index is 11.7. The normalized spacial score (nSPS) is 18.0. The van der Waals surface area contributed by atoms with Crippen molar-refractivity contribution in [2.24, 2.45) is 5.14 Å². The molecule has 1 aliphatic rings. The van der Waals surface area contributed by atoms with E-state index in [1.807, 2.05) is 31.4 Å². The van der Waals surface area contributed by atoms with Gasteiger partial charge in [0.2, 0.25) is 10.0 Å². The first kappa shape index (κ1) is 20.2. The predicted molar refractivity (Wildman–Crippen MR) is 107 cm³/mol. The van der Waals surface area contributed by atoms with Gasteiger partial charge in [0.05, 0.1) is 11.0 Å². The van der Waals surface area contributed by atoms with Gasteiger partial charge in [0.1, 0.15) is 11.5 Å². The van der Waals surface area contributed by atoms with Crippen LogP contribution in [0.3, 0.4) is 0 Å². The first-order valence-electron chi connectivity index (χ1n) is 8.65. The summed E-state index contributed by atoms with van der Waals surface area (Å²) in [4.78, 5) is 3.30. The van der Waals surface area contributed by atoms with Crippen molar-refractivity contribution in [2.45, 2.75) is 35.8 Å². The summed E-state index contributed by atoms with van der Waals surface area (Å²) in [6.45, 7) is 3.81. The van der Waals surface area contributed by atoms with Gasteiger partial charge in [0.25, 0.3) is 0 Å². The van der Waals surface area contributed by atoms with Crippen LogP contribution in [-0.4, -0.2) is 43.9 Å². The second-order valence-electron chi connectivity index (χ2n) is 6.73. The van der Waals surface area contributed by atoms with E-state index in [9.17, 15) is 13.5 Å². The summed E-state index contributed by atoms with van der Waals surface area (Å²) in [5, 5.41) is 15.0. The monoisotopic (exact) mass is 408 g/mol. The molecule has 1 fully saturated rings. The van der Waals surface area contributed by atoms with Crippen molar-refractivity contribution < 1.29 is 18.3 Å². The van der Waals surface area contributed by atoms with Gasteiger partial charge in [-0.3, -0.25) is 4.90 Å². The summed E-state index contributed by atoms with van der Waals surface area (Å²) in [7, 11) is -3.80. The van der Waals surface area contributed by atoms with Gasteiger partial charge in [-0.1, -0.05) is 0 Å². The highest BCUT2D eigenvalue weighted by Gasteiger charge is 2.22. The largest absolute Gasteiger partial charge is 0.457 e. The SMILES string of the molecule is CSc1ccc(Oc2ccc(S(N)(=O)=O)cc2CN2CC[C@@H](O)C2)cc1C. The van der Waals surface area contributed by atoms with Crippen LogP contribution in [0.15, 0.2) is 46.2 Å². The first-order chi connectivity index (χ1) is 12.8. The number of aryl methyl sites for hydroxylation is 1. The maximum Gasteiger partial charge on any atom is 0.238 e. The van der Waals surface area contributed by atoms with Crippen molar-refractivity contribution in [2.75, 3.05) is 19.3 Å². The highest BCUT2D eigenvalue weighted by molar-refractivity contribution is 7.98. The van der Waals surface area contributed by atoms with E-state index in [2.05, 4.69) is 4.90 Å². The van der Waals surface area contributed by atoms with Crippen LogP contribution in [0.4, 0.5) is 0 Å². The van der Waals surface area contributed by atoms with Crippen molar-refractivity contribution in [3.8, 4) is 11.5 Å². The Morgan fingerprint density at radius 3 is 2.67 bits per heavy atom. The lowest BCUT2D eigenvalue weighted by Gasteiger charge is -2.19. The Balaban J connectivity index is 1.91. The lowest BCUT2D eigenvalue weighted by Crippen LogP contribution is -2.22. The number of hydrogen-bond acceptors (Lipinski definition) is 6. The van der Waals surface area contributed by atoms with Crippen LogP contribution in [0.1, 0.15) is 17.5 Å². The number of aliphatic hydroxyl groups excluding tert-OH is 1. The van der Waals surface area contributed by atoms with Crippen molar-refractivity contribution >= 4 is 21.8 Å². The summed E-state index contributed by atoms with van der Waals surface area (Å²) < 4.78 is 29.5. The molecule has 0 aliphatic carbocycles. The third kappa shape index (κ3) is 5.03. The van der Waals surface area contributed by atoms with Crippen LogP contribution in [0.2, 0.25) is 0 Å². The quantitative estimate of drug-likeness (QED) is 0.714. The molecular weight excluding hydrogens is 384 g/mol. The third-order valence-corrected chi connectivity index (χ3v) is 6.40. The van der Waals surface area contributed by atoms with Crippen LogP contribution in [0.25, 0.3) is 0 Å². The molecule has 0 spiro atoms. The fraction of sp³-hybridized carbons (Fsp3) is 0.368. The van der Waals surface area contributed by atoms with Gasteiger partial charge in [0.15, 0.2) is 0 Å². The molecule has 0 radical (unpaired) electrons. The van der Waals surface area contributed by atoms with Crippen molar-refractivity contribution in [3.05, 3.63) is 47.5 Å². The Kier molecular flexibility index (Phi) is 6.12. The molecule has 8 heteroatoms. The van der Waals surface area contributed by atoms with E-state index in [-0.39, 0.29) is 11.0 Å². The number of β-amino-alcohol motifs (C(OH)–C–C–N with tert-alkyl or cyclic N) is 1. The number of sulfonamides is 1. The van der Waals surface area contributed by atoms with Gasteiger partial charge in [-0.05, 0) is 61.6 Å². The highest BCUT2D eigenvalue weighted by Crippen LogP contribution is 2.32. The molecule has 3 rings (SSSR count). The average Bonchev–Trinajstić information content (AvgIpc) is 3.00. The van der Waals surface area contributed by atoms with E-state index >= 15 is 0 Å². The molecule has 146 valence electrons. The number of nitrogens with zero attached hydrogens (tertiary/aromatic N) is 1. The standard InChI is InChI=1S/C19H24N2O4S2/c1-13-9-16(3-6-19(13)26-2)25-18-5-4-17(27(20,23)24)10-14(18)11-21-8-7-15(22)12-21/h3-6,9-10,15,22H,7-8,11-12H2,1-2H3,(H2,20,23,24)/t15-/m1/s1. The molecule has 1 saturated heterocycles. The molecule has 0 bridgehead atoms. The summed E-state index contributed by atoms with van der Waals surface area (Å²) >= 11 is 1.67. The number of nitrogens with two attached hydrogens (primary N) is 1. The molecule has 3 N–H and O–H groups in total. The number of hydrogen-bond donors (Lipinski definition) is 2. The van der Waals surface area contributed by atoms with Gasteiger partial charge in [-0.15, -0.1) is 11.8 Å². The molecule has 2 aromatic carbocycles. The molecule has 1 heterocycles. The van der Waals surface area contributed by atoms with Crippen molar-refractivity contribution in [3.63, 3.8) is 0 Å². The molecule has 2 aromatic rings. The molecule has 0 unspecified atom stereocenters. The number of benzene rings is 2. The summed E-state index contributed by atoms with van der Waals surface area (Å²) in [5.74, 6) is 1.27. The minimum Gasteiger partial charge on any atom is -0.457 e. The topological polar surface area (TPSA) is 92.9 Å². The van der Waals surface area contributed by atoms with Gasteiger partial charge in [-0.25, -0.2) is 13.6 Å². The van der Waals surface area contributed by atoms with Crippen molar-refractivity contribution in [1.29, 1.82) is 0 Å². The van der Waals surface area contributed by atoms with Crippen LogP contribution in [0, 0.1) is 6.92 Å². The van der Waals surface area contributed by atoms with E-state index < -0.39 is 10.0 Å². The predicted octanol–water partition coefficient (Wildman–Crippen LogP) is 2.72. The summed E-state index contributed by atoms with van der Waals surface area (Å²) in [6.07, 6.45) is 2.38. The zero-order chi connectivity index (χ0) is 19.6. The van der Waals surface area contributed by atoms with Crippen LogP contribution in [-0.2, 0) is 16.6 Å². The second-order valence-corrected chi connectivity index (χ2v) is 9.14. The maximum absolute atomic E-state index is 11.7. The fourth-order valence-corrected chi connectivity index (χ4v) is 4.34. The van der Waals surface area contributed by atoms with Crippen LogP contribution in [0.5, 0.6) is 11.5 Å². The second kappa shape index (κ2) is 8.20. The van der Waals surface area contributed by atoms with Gasteiger partial charge < -0.3 is 9.84 Å². The number of rotatable bonds is 6. The van der Waals surface area contributed by atoms with Crippen molar-refractivity contribution in [1.82, 2.24) is 4.90 Å². The Morgan fingerprint density at radius 1 is 1.30 bits per heavy atom. The lowest BCUT2D eigenvalue weighted by molar-refractivity contribution is 0.174. The van der Waals surface area contributed by atoms with Crippen LogP contribution < -0.4 is 9.88 Å².